The molecule has 0 aliphatic carbocycles. The van der Waals surface area contributed by atoms with Crippen LogP contribution in [0.25, 0.3) is 11.0 Å². The Morgan fingerprint density at radius 2 is 2.10 bits per heavy atom. The second kappa shape index (κ2) is 6.37. The molecular weight excluding hydrogens is 252 g/mol. The molecule has 0 fully saturated rings. The van der Waals surface area contributed by atoms with Crippen LogP contribution in [-0.4, -0.2) is 22.6 Å². The number of rotatable bonds is 5. The molecule has 4 nitrogen and oxygen atoms in total. The van der Waals surface area contributed by atoms with Gasteiger partial charge >= 0.3 is 5.97 Å². The minimum atomic E-state index is -0.255. The maximum absolute atomic E-state index is 11.6. The second-order valence-corrected chi connectivity index (χ2v) is 4.56. The number of esters is 1. The van der Waals surface area contributed by atoms with Crippen LogP contribution >= 0.6 is 0 Å². The molecule has 4 heteroatoms. The molecule has 0 atom stereocenters. The number of hydrogen-bond donors (Lipinski definition) is 0. The Labute approximate surface area is 119 Å². The Balaban J connectivity index is 2.37. The Bertz CT molecular complexity index is 641. The molecule has 1 aromatic carbocycles. The third kappa shape index (κ3) is 2.74. The zero-order chi connectivity index (χ0) is 14.5. The molecule has 106 valence electrons. The molecular formula is C16H20N2O2. The number of methoxy groups -OCH3 is 1. The highest BCUT2D eigenvalue weighted by Crippen LogP contribution is 2.17. The first kappa shape index (κ1) is 14.3. The highest BCUT2D eigenvalue weighted by atomic mass is 16.5. The Morgan fingerprint density at radius 1 is 1.35 bits per heavy atom. The van der Waals surface area contributed by atoms with Crippen LogP contribution in [0.2, 0.25) is 0 Å². The smallest absolute Gasteiger partial charge is 0.333 e. The number of carbonyl (C=O) groups is 1. The third-order valence-corrected chi connectivity index (χ3v) is 3.40. The van der Waals surface area contributed by atoms with Crippen molar-refractivity contribution in [3.63, 3.8) is 0 Å². The summed E-state index contributed by atoms with van der Waals surface area (Å²) in [6, 6.07) is 8.06. The van der Waals surface area contributed by atoms with E-state index in [2.05, 4.69) is 22.5 Å². The van der Waals surface area contributed by atoms with Crippen molar-refractivity contribution in [3.8, 4) is 0 Å². The van der Waals surface area contributed by atoms with Crippen molar-refractivity contribution < 1.29 is 9.53 Å². The topological polar surface area (TPSA) is 44.1 Å². The molecule has 20 heavy (non-hydrogen) atoms. The Kier molecular flexibility index (Phi) is 4.56. The number of ether oxygens (including phenoxy) is 1. The van der Waals surface area contributed by atoms with Crippen LogP contribution in [-0.2, 0) is 22.5 Å². The quantitative estimate of drug-likeness (QED) is 0.620. The highest BCUT2D eigenvalue weighted by Gasteiger charge is 2.10. The lowest BCUT2D eigenvalue weighted by molar-refractivity contribution is -0.136. The summed E-state index contributed by atoms with van der Waals surface area (Å²) in [4.78, 5) is 16.2. The van der Waals surface area contributed by atoms with Gasteiger partial charge in [-0.3, -0.25) is 0 Å². The minimum Gasteiger partial charge on any atom is -0.466 e. The van der Waals surface area contributed by atoms with Crippen LogP contribution in [0, 0.1) is 0 Å². The summed E-state index contributed by atoms with van der Waals surface area (Å²) in [6.07, 6.45) is 3.46. The van der Waals surface area contributed by atoms with Crippen molar-refractivity contribution >= 4 is 17.0 Å². The Hall–Kier alpha value is -2.10. The van der Waals surface area contributed by atoms with E-state index in [0.717, 1.165) is 23.3 Å². The standard InChI is InChI=1S/C16H20N2O2/c1-4-12(16(19)20-3)10-11-18-14-9-7-6-8-13(14)17-15(18)5-2/h6-10H,4-5,11H2,1-3H3. The number of para-hydroxylation sites is 2. The maximum Gasteiger partial charge on any atom is 0.333 e. The molecule has 0 bridgehead atoms. The van der Waals surface area contributed by atoms with Crippen LogP contribution < -0.4 is 0 Å². The molecule has 0 aliphatic rings. The molecule has 0 aliphatic heterocycles. The lowest BCUT2D eigenvalue weighted by Gasteiger charge is -2.07. The summed E-state index contributed by atoms with van der Waals surface area (Å²) < 4.78 is 6.93. The molecule has 0 N–H and O–H groups in total. The van der Waals surface area contributed by atoms with Gasteiger partial charge in [-0.25, -0.2) is 9.78 Å². The number of aryl methyl sites for hydroxylation is 1. The minimum absolute atomic E-state index is 0.255. The summed E-state index contributed by atoms with van der Waals surface area (Å²) in [6.45, 7) is 4.68. The van der Waals surface area contributed by atoms with Gasteiger partial charge in [0.25, 0.3) is 0 Å². The van der Waals surface area contributed by atoms with E-state index in [0.29, 0.717) is 18.5 Å². The molecule has 0 saturated heterocycles. The monoisotopic (exact) mass is 272 g/mol. The van der Waals surface area contributed by atoms with Gasteiger partial charge < -0.3 is 9.30 Å². The zero-order valence-corrected chi connectivity index (χ0v) is 12.2. The van der Waals surface area contributed by atoms with Gasteiger partial charge in [0.15, 0.2) is 0 Å². The molecule has 0 spiro atoms. The largest absolute Gasteiger partial charge is 0.466 e. The predicted octanol–water partition coefficient (Wildman–Crippen LogP) is 3.11. The van der Waals surface area contributed by atoms with Gasteiger partial charge in [0.05, 0.1) is 18.1 Å². The molecule has 1 heterocycles. The fourth-order valence-corrected chi connectivity index (χ4v) is 2.30. The van der Waals surface area contributed by atoms with Crippen molar-refractivity contribution in [2.45, 2.75) is 33.2 Å². The second-order valence-electron chi connectivity index (χ2n) is 4.56. The zero-order valence-electron chi connectivity index (χ0n) is 12.2. The van der Waals surface area contributed by atoms with Crippen LogP contribution in [0.15, 0.2) is 35.9 Å². The summed E-state index contributed by atoms with van der Waals surface area (Å²) in [5.74, 6) is 0.776. The first-order valence-corrected chi connectivity index (χ1v) is 6.92. The molecule has 2 aromatic rings. The van der Waals surface area contributed by atoms with Gasteiger partial charge in [0, 0.05) is 18.5 Å². The van der Waals surface area contributed by atoms with E-state index < -0.39 is 0 Å². The molecule has 2 rings (SSSR count). The van der Waals surface area contributed by atoms with E-state index in [1.807, 2.05) is 31.2 Å². The summed E-state index contributed by atoms with van der Waals surface area (Å²) in [7, 11) is 1.41. The van der Waals surface area contributed by atoms with Gasteiger partial charge in [-0.1, -0.05) is 32.1 Å². The number of carbonyl (C=O) groups excluding carboxylic acids is 1. The van der Waals surface area contributed by atoms with Crippen molar-refractivity contribution in [3.05, 3.63) is 41.7 Å². The SMILES string of the molecule is CCC(=CCn1c(CC)nc2ccccc21)C(=O)OC. The van der Waals surface area contributed by atoms with E-state index in [1.165, 1.54) is 7.11 Å². The van der Waals surface area contributed by atoms with Gasteiger partial charge in [0.2, 0.25) is 0 Å². The average Bonchev–Trinajstić information content (AvgIpc) is 2.85. The highest BCUT2D eigenvalue weighted by molar-refractivity contribution is 5.88. The van der Waals surface area contributed by atoms with E-state index in [9.17, 15) is 4.79 Å². The van der Waals surface area contributed by atoms with Gasteiger partial charge in [-0.15, -0.1) is 0 Å². The number of allylic oxidation sites excluding steroid dienone is 1. The van der Waals surface area contributed by atoms with E-state index in [4.69, 9.17) is 4.74 Å². The number of hydrogen-bond acceptors (Lipinski definition) is 3. The van der Waals surface area contributed by atoms with Crippen molar-refractivity contribution in [2.75, 3.05) is 7.11 Å². The summed E-state index contributed by atoms with van der Waals surface area (Å²) in [5, 5.41) is 0. The average molecular weight is 272 g/mol. The van der Waals surface area contributed by atoms with Crippen LogP contribution in [0.1, 0.15) is 26.1 Å². The van der Waals surface area contributed by atoms with Gasteiger partial charge in [0.1, 0.15) is 5.82 Å². The normalized spacial score (nSPS) is 11.8. The predicted molar refractivity (Wildman–Crippen MR) is 79.5 cm³/mol. The summed E-state index contributed by atoms with van der Waals surface area (Å²) in [5.41, 5.74) is 2.79. The molecule has 1 aromatic heterocycles. The maximum atomic E-state index is 11.6. The van der Waals surface area contributed by atoms with Crippen molar-refractivity contribution in [1.82, 2.24) is 9.55 Å². The third-order valence-electron chi connectivity index (χ3n) is 3.40. The van der Waals surface area contributed by atoms with Crippen molar-refractivity contribution in [2.24, 2.45) is 0 Å². The van der Waals surface area contributed by atoms with E-state index in [1.54, 1.807) is 0 Å². The van der Waals surface area contributed by atoms with Crippen LogP contribution in [0.3, 0.4) is 0 Å². The first-order valence-electron chi connectivity index (χ1n) is 6.92. The van der Waals surface area contributed by atoms with Crippen LogP contribution in [0.5, 0.6) is 0 Å². The summed E-state index contributed by atoms with van der Waals surface area (Å²) >= 11 is 0. The lowest BCUT2D eigenvalue weighted by Crippen LogP contribution is -2.07. The fraction of sp³-hybridized carbons (Fsp3) is 0.375. The first-order chi connectivity index (χ1) is 9.71. The number of fused-ring (bicyclic) bond motifs is 1. The molecule has 0 radical (unpaired) electrons. The fourth-order valence-electron chi connectivity index (χ4n) is 2.30. The number of aromatic nitrogens is 2. The Morgan fingerprint density at radius 3 is 2.75 bits per heavy atom. The van der Waals surface area contributed by atoms with Gasteiger partial charge in [-0.2, -0.15) is 0 Å². The van der Waals surface area contributed by atoms with Crippen molar-refractivity contribution in [1.29, 1.82) is 0 Å². The number of imidazole rings is 1. The number of benzene rings is 1. The van der Waals surface area contributed by atoms with Crippen LogP contribution in [0.4, 0.5) is 0 Å². The molecule has 0 amide bonds. The van der Waals surface area contributed by atoms with E-state index in [-0.39, 0.29) is 5.97 Å². The lowest BCUT2D eigenvalue weighted by atomic mass is 10.2. The number of nitrogens with zero attached hydrogens (tertiary/aromatic N) is 2. The van der Waals surface area contributed by atoms with Gasteiger partial charge in [-0.05, 0) is 18.6 Å². The van der Waals surface area contributed by atoms with E-state index >= 15 is 0 Å². The molecule has 0 saturated carbocycles. The molecule has 0 unspecified atom stereocenters.